The zero-order valence-electron chi connectivity index (χ0n) is 11.3. The molecule has 0 atom stereocenters. The fourth-order valence-corrected chi connectivity index (χ4v) is 1.49. The van der Waals surface area contributed by atoms with E-state index in [9.17, 15) is 0 Å². The standard InChI is InChI=1S/C12H17N5O2/c1-8(2)18-12-11(14-6-7-15-12)13-5-4-10-16-9(3)17-19-10/h6-8H,4-5H2,1-3H3,(H,13,14). The zero-order chi connectivity index (χ0) is 13.7. The molecule has 7 nitrogen and oxygen atoms in total. The smallest absolute Gasteiger partial charge is 0.257 e. The molecule has 19 heavy (non-hydrogen) atoms. The van der Waals surface area contributed by atoms with Gasteiger partial charge in [-0.3, -0.25) is 0 Å². The lowest BCUT2D eigenvalue weighted by Gasteiger charge is -2.12. The Morgan fingerprint density at radius 3 is 2.79 bits per heavy atom. The number of aromatic nitrogens is 4. The van der Waals surface area contributed by atoms with Crippen LogP contribution < -0.4 is 10.1 Å². The topological polar surface area (TPSA) is 86.0 Å². The molecule has 0 aromatic carbocycles. The van der Waals surface area contributed by atoms with Crippen molar-refractivity contribution < 1.29 is 9.26 Å². The maximum atomic E-state index is 5.56. The van der Waals surface area contributed by atoms with Crippen LogP contribution >= 0.6 is 0 Å². The molecule has 0 unspecified atom stereocenters. The van der Waals surface area contributed by atoms with Gasteiger partial charge in [0.25, 0.3) is 5.88 Å². The van der Waals surface area contributed by atoms with Gasteiger partial charge in [0.1, 0.15) is 0 Å². The van der Waals surface area contributed by atoms with E-state index in [0.717, 1.165) is 0 Å². The summed E-state index contributed by atoms with van der Waals surface area (Å²) in [6.45, 7) is 6.30. The number of rotatable bonds is 6. The Morgan fingerprint density at radius 2 is 2.11 bits per heavy atom. The van der Waals surface area contributed by atoms with Crippen molar-refractivity contribution in [1.29, 1.82) is 0 Å². The summed E-state index contributed by atoms with van der Waals surface area (Å²) >= 11 is 0. The number of anilines is 1. The first kappa shape index (κ1) is 13.3. The maximum absolute atomic E-state index is 5.56. The molecule has 0 amide bonds. The van der Waals surface area contributed by atoms with Crippen LogP contribution in [0, 0.1) is 6.92 Å². The fraction of sp³-hybridized carbons (Fsp3) is 0.500. The van der Waals surface area contributed by atoms with Crippen molar-refractivity contribution in [2.24, 2.45) is 0 Å². The molecule has 0 saturated carbocycles. The third-order valence-electron chi connectivity index (χ3n) is 2.21. The molecule has 0 spiro atoms. The van der Waals surface area contributed by atoms with E-state index in [1.54, 1.807) is 19.3 Å². The largest absolute Gasteiger partial charge is 0.472 e. The van der Waals surface area contributed by atoms with E-state index in [4.69, 9.17) is 9.26 Å². The number of nitrogens with zero attached hydrogens (tertiary/aromatic N) is 4. The average molecular weight is 263 g/mol. The van der Waals surface area contributed by atoms with Crippen LogP contribution in [0.2, 0.25) is 0 Å². The number of ether oxygens (including phenoxy) is 1. The third kappa shape index (κ3) is 3.90. The lowest BCUT2D eigenvalue weighted by atomic mass is 10.4. The van der Waals surface area contributed by atoms with Gasteiger partial charge in [-0.05, 0) is 20.8 Å². The first-order valence-corrected chi connectivity index (χ1v) is 6.16. The van der Waals surface area contributed by atoms with Crippen molar-refractivity contribution in [3.05, 3.63) is 24.1 Å². The van der Waals surface area contributed by atoms with Gasteiger partial charge in [-0.2, -0.15) is 4.98 Å². The van der Waals surface area contributed by atoms with Crippen LogP contribution in [0.3, 0.4) is 0 Å². The summed E-state index contributed by atoms with van der Waals surface area (Å²) in [7, 11) is 0. The first-order chi connectivity index (χ1) is 9.15. The van der Waals surface area contributed by atoms with Gasteiger partial charge >= 0.3 is 0 Å². The average Bonchev–Trinajstić information content (AvgIpc) is 2.77. The van der Waals surface area contributed by atoms with Crippen molar-refractivity contribution in [3.8, 4) is 5.88 Å². The second kappa shape index (κ2) is 6.12. The summed E-state index contributed by atoms with van der Waals surface area (Å²) in [6, 6.07) is 0. The Hall–Kier alpha value is -2.18. The van der Waals surface area contributed by atoms with Crippen LogP contribution in [0.5, 0.6) is 5.88 Å². The van der Waals surface area contributed by atoms with E-state index in [1.165, 1.54) is 0 Å². The molecule has 7 heteroatoms. The molecule has 1 N–H and O–H groups in total. The van der Waals surface area contributed by atoms with Crippen LogP contribution in [0.1, 0.15) is 25.6 Å². The highest BCUT2D eigenvalue weighted by molar-refractivity contribution is 5.44. The molecule has 0 aliphatic carbocycles. The molecule has 2 aromatic rings. The van der Waals surface area contributed by atoms with Gasteiger partial charge in [0.15, 0.2) is 11.6 Å². The monoisotopic (exact) mass is 263 g/mol. The van der Waals surface area contributed by atoms with Crippen molar-refractivity contribution in [1.82, 2.24) is 20.1 Å². The second-order valence-corrected chi connectivity index (χ2v) is 4.29. The summed E-state index contributed by atoms with van der Waals surface area (Å²) in [5.41, 5.74) is 0. The van der Waals surface area contributed by atoms with Crippen LogP contribution in [-0.4, -0.2) is 32.8 Å². The van der Waals surface area contributed by atoms with Crippen LogP contribution in [0.15, 0.2) is 16.9 Å². The minimum Gasteiger partial charge on any atom is -0.472 e. The number of hydrogen-bond acceptors (Lipinski definition) is 7. The van der Waals surface area contributed by atoms with Gasteiger partial charge < -0.3 is 14.6 Å². The normalized spacial score (nSPS) is 10.7. The summed E-state index contributed by atoms with van der Waals surface area (Å²) in [4.78, 5) is 12.5. The van der Waals surface area contributed by atoms with Gasteiger partial charge in [-0.1, -0.05) is 5.16 Å². The summed E-state index contributed by atoms with van der Waals surface area (Å²) in [5.74, 6) is 2.35. The van der Waals surface area contributed by atoms with E-state index >= 15 is 0 Å². The molecule has 0 fully saturated rings. The third-order valence-corrected chi connectivity index (χ3v) is 2.21. The van der Waals surface area contributed by atoms with E-state index < -0.39 is 0 Å². The van der Waals surface area contributed by atoms with E-state index in [1.807, 2.05) is 13.8 Å². The van der Waals surface area contributed by atoms with E-state index in [2.05, 4.69) is 25.4 Å². The quantitative estimate of drug-likeness (QED) is 0.847. The molecule has 0 saturated heterocycles. The zero-order valence-corrected chi connectivity index (χ0v) is 11.3. The molecule has 102 valence electrons. The molecule has 0 aliphatic heterocycles. The van der Waals surface area contributed by atoms with Gasteiger partial charge in [-0.25, -0.2) is 9.97 Å². The predicted octanol–water partition coefficient (Wildman–Crippen LogP) is 1.61. The Bertz CT molecular complexity index is 526. The molecule has 2 heterocycles. The lowest BCUT2D eigenvalue weighted by molar-refractivity contribution is 0.233. The van der Waals surface area contributed by atoms with E-state index in [0.29, 0.717) is 36.4 Å². The summed E-state index contributed by atoms with van der Waals surface area (Å²) < 4.78 is 10.6. The number of hydrogen-bond donors (Lipinski definition) is 1. The molecular formula is C12H17N5O2. The Kier molecular flexibility index (Phi) is 4.27. The van der Waals surface area contributed by atoms with E-state index in [-0.39, 0.29) is 6.10 Å². The van der Waals surface area contributed by atoms with Gasteiger partial charge in [0.05, 0.1) is 6.10 Å². The second-order valence-electron chi connectivity index (χ2n) is 4.29. The van der Waals surface area contributed by atoms with Crippen molar-refractivity contribution in [3.63, 3.8) is 0 Å². The minimum atomic E-state index is 0.0517. The number of nitrogens with one attached hydrogen (secondary N) is 1. The van der Waals surface area contributed by atoms with Crippen LogP contribution in [0.25, 0.3) is 0 Å². The highest BCUT2D eigenvalue weighted by Gasteiger charge is 2.08. The van der Waals surface area contributed by atoms with Gasteiger partial charge in [0, 0.05) is 25.4 Å². The van der Waals surface area contributed by atoms with Gasteiger partial charge in [-0.15, -0.1) is 0 Å². The lowest BCUT2D eigenvalue weighted by Crippen LogP contribution is -2.12. The molecular weight excluding hydrogens is 246 g/mol. The van der Waals surface area contributed by atoms with Gasteiger partial charge in [0.2, 0.25) is 5.89 Å². The highest BCUT2D eigenvalue weighted by Crippen LogP contribution is 2.18. The predicted molar refractivity (Wildman–Crippen MR) is 69.0 cm³/mol. The van der Waals surface area contributed by atoms with Crippen molar-refractivity contribution in [2.45, 2.75) is 33.3 Å². The highest BCUT2D eigenvalue weighted by atomic mass is 16.5. The first-order valence-electron chi connectivity index (χ1n) is 6.16. The minimum absolute atomic E-state index is 0.0517. The van der Waals surface area contributed by atoms with Crippen LogP contribution in [0.4, 0.5) is 5.82 Å². The molecule has 0 radical (unpaired) electrons. The number of aryl methyl sites for hydroxylation is 1. The summed E-state index contributed by atoms with van der Waals surface area (Å²) in [5, 5.41) is 6.88. The molecule has 0 bridgehead atoms. The van der Waals surface area contributed by atoms with Crippen molar-refractivity contribution >= 4 is 5.82 Å². The summed E-state index contributed by atoms with van der Waals surface area (Å²) in [6.07, 6.45) is 3.89. The Balaban J connectivity index is 1.92. The maximum Gasteiger partial charge on any atom is 0.257 e. The van der Waals surface area contributed by atoms with Crippen molar-refractivity contribution in [2.75, 3.05) is 11.9 Å². The molecule has 2 rings (SSSR count). The molecule has 2 aromatic heterocycles. The van der Waals surface area contributed by atoms with Crippen LogP contribution in [-0.2, 0) is 6.42 Å². The fourth-order valence-electron chi connectivity index (χ4n) is 1.49. The Morgan fingerprint density at radius 1 is 1.32 bits per heavy atom. The SMILES string of the molecule is Cc1noc(CCNc2nccnc2OC(C)C)n1. The Labute approximate surface area is 111 Å². The molecule has 0 aliphatic rings.